The summed E-state index contributed by atoms with van der Waals surface area (Å²) in [4.78, 5) is 32.3. The number of aromatic nitrogens is 2. The van der Waals surface area contributed by atoms with Gasteiger partial charge in [0, 0.05) is 23.7 Å². The lowest BCUT2D eigenvalue weighted by Crippen LogP contribution is -2.45. The Morgan fingerprint density at radius 2 is 1.88 bits per heavy atom. The van der Waals surface area contributed by atoms with Crippen molar-refractivity contribution in [1.29, 1.82) is 0 Å². The average Bonchev–Trinajstić information content (AvgIpc) is 3.50. The fraction of sp³-hybridized carbons (Fsp3) is 0.346. The number of nitrogens with one attached hydrogen (secondary N) is 1. The van der Waals surface area contributed by atoms with E-state index < -0.39 is 5.82 Å². The Labute approximate surface area is 203 Å². The quantitative estimate of drug-likeness (QED) is 0.470. The van der Waals surface area contributed by atoms with Crippen LogP contribution in [0.15, 0.2) is 54.7 Å². The summed E-state index contributed by atoms with van der Waals surface area (Å²) < 4.78 is 15.4. The minimum Gasteiger partial charge on any atom is -0.331 e. The van der Waals surface area contributed by atoms with Crippen LogP contribution < -0.4 is 5.32 Å². The lowest BCUT2D eigenvalue weighted by Gasteiger charge is -2.28. The zero-order chi connectivity index (χ0) is 24.2. The standard InChI is InChI=1S/C26H28ClFN4O2/c1-17(2)31(25(34)19-10-6-7-11-19)16-24(33)30-26-29-23(18-8-4-3-5-9-18)15-32(26)20-12-13-22(28)21(27)14-20/h3-5,8-9,12-15,17,19H,6-7,10-11,16H2,1-2H3,(H,29,30,33). The molecule has 0 atom stereocenters. The molecule has 0 aliphatic heterocycles. The van der Waals surface area contributed by atoms with Crippen LogP contribution in [-0.2, 0) is 9.59 Å². The van der Waals surface area contributed by atoms with Gasteiger partial charge in [0.15, 0.2) is 0 Å². The molecule has 1 heterocycles. The van der Waals surface area contributed by atoms with Crippen molar-refractivity contribution in [1.82, 2.24) is 14.5 Å². The van der Waals surface area contributed by atoms with Gasteiger partial charge < -0.3 is 4.90 Å². The number of benzene rings is 2. The second kappa shape index (κ2) is 10.4. The number of hydrogen-bond acceptors (Lipinski definition) is 3. The Balaban J connectivity index is 1.61. The van der Waals surface area contributed by atoms with Crippen LogP contribution >= 0.6 is 11.6 Å². The Hall–Kier alpha value is -3.19. The van der Waals surface area contributed by atoms with E-state index in [0.29, 0.717) is 11.4 Å². The molecule has 1 N–H and O–H groups in total. The van der Waals surface area contributed by atoms with Crippen LogP contribution in [0.5, 0.6) is 0 Å². The number of rotatable bonds is 7. The highest BCUT2D eigenvalue weighted by Gasteiger charge is 2.30. The number of carbonyl (C=O) groups is 2. The fourth-order valence-corrected chi connectivity index (χ4v) is 4.46. The van der Waals surface area contributed by atoms with Gasteiger partial charge in [-0.15, -0.1) is 0 Å². The molecule has 1 aromatic heterocycles. The van der Waals surface area contributed by atoms with Gasteiger partial charge in [-0.2, -0.15) is 0 Å². The molecule has 0 radical (unpaired) electrons. The Morgan fingerprint density at radius 1 is 1.18 bits per heavy atom. The van der Waals surface area contributed by atoms with Crippen LogP contribution in [0.3, 0.4) is 0 Å². The first-order valence-corrected chi connectivity index (χ1v) is 11.9. The molecule has 0 saturated heterocycles. The predicted octanol–water partition coefficient (Wildman–Crippen LogP) is 5.70. The molecule has 0 spiro atoms. The van der Waals surface area contributed by atoms with Gasteiger partial charge in [-0.3, -0.25) is 19.5 Å². The lowest BCUT2D eigenvalue weighted by molar-refractivity contribution is -0.140. The zero-order valence-electron chi connectivity index (χ0n) is 19.3. The molecule has 0 bridgehead atoms. The normalized spacial score (nSPS) is 13.9. The third kappa shape index (κ3) is 5.30. The van der Waals surface area contributed by atoms with E-state index in [4.69, 9.17) is 11.6 Å². The number of hydrogen-bond donors (Lipinski definition) is 1. The van der Waals surface area contributed by atoms with Crippen molar-refractivity contribution in [3.05, 3.63) is 65.6 Å². The fourth-order valence-electron chi connectivity index (χ4n) is 4.29. The molecule has 2 amide bonds. The Bertz CT molecular complexity index is 1170. The van der Waals surface area contributed by atoms with Gasteiger partial charge in [-0.25, -0.2) is 9.37 Å². The molecule has 4 rings (SSSR count). The number of nitrogens with zero attached hydrogens (tertiary/aromatic N) is 3. The molecular formula is C26H28ClFN4O2. The molecule has 34 heavy (non-hydrogen) atoms. The number of carbonyl (C=O) groups excluding carboxylic acids is 2. The van der Waals surface area contributed by atoms with Crippen LogP contribution in [0.1, 0.15) is 39.5 Å². The first-order valence-electron chi connectivity index (χ1n) is 11.5. The summed E-state index contributed by atoms with van der Waals surface area (Å²) in [5, 5.41) is 2.82. The second-order valence-electron chi connectivity index (χ2n) is 8.87. The van der Waals surface area contributed by atoms with Crippen molar-refractivity contribution < 1.29 is 14.0 Å². The van der Waals surface area contributed by atoms with Crippen molar-refractivity contribution >= 4 is 29.4 Å². The number of imidazole rings is 1. The summed E-state index contributed by atoms with van der Waals surface area (Å²) in [7, 11) is 0. The molecule has 3 aromatic rings. The highest BCUT2D eigenvalue weighted by molar-refractivity contribution is 6.30. The number of anilines is 1. The van der Waals surface area contributed by atoms with Crippen molar-refractivity contribution in [2.24, 2.45) is 5.92 Å². The van der Waals surface area contributed by atoms with Gasteiger partial charge in [0.2, 0.25) is 17.8 Å². The highest BCUT2D eigenvalue weighted by atomic mass is 35.5. The molecule has 8 heteroatoms. The summed E-state index contributed by atoms with van der Waals surface area (Å²) in [5.41, 5.74) is 2.06. The number of amides is 2. The molecule has 0 unspecified atom stereocenters. The molecule has 1 aliphatic rings. The largest absolute Gasteiger partial charge is 0.331 e. The molecule has 1 saturated carbocycles. The van der Waals surface area contributed by atoms with E-state index in [1.807, 2.05) is 44.2 Å². The van der Waals surface area contributed by atoms with Crippen molar-refractivity contribution in [3.8, 4) is 16.9 Å². The minimum absolute atomic E-state index is 0.0109. The summed E-state index contributed by atoms with van der Waals surface area (Å²) in [5.74, 6) is -0.592. The van der Waals surface area contributed by atoms with E-state index in [9.17, 15) is 14.0 Å². The summed E-state index contributed by atoms with van der Waals surface area (Å²) in [6.45, 7) is 3.76. The highest BCUT2D eigenvalue weighted by Crippen LogP contribution is 2.28. The summed E-state index contributed by atoms with van der Waals surface area (Å²) in [6, 6.07) is 13.7. The first-order chi connectivity index (χ1) is 16.3. The van der Waals surface area contributed by atoms with E-state index >= 15 is 0 Å². The topological polar surface area (TPSA) is 67.2 Å². The first kappa shape index (κ1) is 24.0. The molecule has 6 nitrogen and oxygen atoms in total. The Kier molecular flexibility index (Phi) is 7.32. The van der Waals surface area contributed by atoms with Crippen LogP contribution in [0.25, 0.3) is 16.9 Å². The third-order valence-electron chi connectivity index (χ3n) is 6.13. The maximum Gasteiger partial charge on any atom is 0.246 e. The third-order valence-corrected chi connectivity index (χ3v) is 6.42. The van der Waals surface area contributed by atoms with Crippen molar-refractivity contribution in [3.63, 3.8) is 0 Å². The predicted molar refractivity (Wildman–Crippen MR) is 131 cm³/mol. The lowest BCUT2D eigenvalue weighted by atomic mass is 10.1. The van der Waals surface area contributed by atoms with E-state index in [1.165, 1.54) is 12.1 Å². The van der Waals surface area contributed by atoms with Gasteiger partial charge >= 0.3 is 0 Å². The smallest absolute Gasteiger partial charge is 0.246 e. The second-order valence-corrected chi connectivity index (χ2v) is 9.28. The average molecular weight is 483 g/mol. The van der Waals surface area contributed by atoms with Crippen LogP contribution in [-0.4, -0.2) is 38.9 Å². The molecule has 1 fully saturated rings. The van der Waals surface area contributed by atoms with Gasteiger partial charge in [0.05, 0.1) is 16.4 Å². The van der Waals surface area contributed by atoms with E-state index in [0.717, 1.165) is 31.2 Å². The maximum atomic E-state index is 13.8. The van der Waals surface area contributed by atoms with Crippen LogP contribution in [0.4, 0.5) is 10.3 Å². The SMILES string of the molecule is CC(C)N(CC(=O)Nc1nc(-c2ccccc2)cn1-c1ccc(F)c(Cl)c1)C(=O)C1CCCC1. The van der Waals surface area contributed by atoms with Gasteiger partial charge in [0.1, 0.15) is 12.4 Å². The van der Waals surface area contributed by atoms with Crippen molar-refractivity contribution in [2.45, 2.75) is 45.6 Å². The number of halogens is 2. The molecule has 178 valence electrons. The van der Waals surface area contributed by atoms with E-state index in [1.54, 1.807) is 21.7 Å². The monoisotopic (exact) mass is 482 g/mol. The maximum absolute atomic E-state index is 13.8. The zero-order valence-corrected chi connectivity index (χ0v) is 20.1. The van der Waals surface area contributed by atoms with Gasteiger partial charge in [0.25, 0.3) is 0 Å². The summed E-state index contributed by atoms with van der Waals surface area (Å²) in [6.07, 6.45) is 5.61. The molecule has 1 aliphatic carbocycles. The van der Waals surface area contributed by atoms with Crippen molar-refractivity contribution in [2.75, 3.05) is 11.9 Å². The van der Waals surface area contributed by atoms with Gasteiger partial charge in [-0.1, -0.05) is 54.8 Å². The van der Waals surface area contributed by atoms with E-state index in [2.05, 4.69) is 10.3 Å². The van der Waals surface area contributed by atoms with Crippen LogP contribution in [0.2, 0.25) is 5.02 Å². The molecule has 2 aromatic carbocycles. The van der Waals surface area contributed by atoms with Crippen LogP contribution in [0, 0.1) is 11.7 Å². The van der Waals surface area contributed by atoms with E-state index in [-0.39, 0.29) is 41.3 Å². The minimum atomic E-state index is -0.530. The summed E-state index contributed by atoms with van der Waals surface area (Å²) >= 11 is 6.01. The van der Waals surface area contributed by atoms with Gasteiger partial charge in [-0.05, 0) is 44.9 Å². The molecular weight excluding hydrogens is 455 g/mol. The Morgan fingerprint density at radius 3 is 2.53 bits per heavy atom.